The van der Waals surface area contributed by atoms with Crippen LogP contribution in [0.5, 0.6) is 5.75 Å². The smallest absolute Gasteiger partial charge is 0.147 e. The quantitative estimate of drug-likeness (QED) is 0.780. The molecule has 1 rings (SSSR count). The number of ether oxygens (including phenoxy) is 1. The number of benzene rings is 1. The van der Waals surface area contributed by atoms with Crippen LogP contribution in [0.15, 0.2) is 18.2 Å². The van der Waals surface area contributed by atoms with Crippen LogP contribution in [0.1, 0.15) is 19.4 Å². The number of halogens is 1. The monoisotopic (exact) mass is 243 g/mol. The molecule has 1 aromatic carbocycles. The third-order valence-electron chi connectivity index (χ3n) is 2.16. The topological polar surface area (TPSA) is 41.5 Å². The number of nitrogens with one attached hydrogen (secondary N) is 1. The van der Waals surface area contributed by atoms with Gasteiger partial charge in [-0.2, -0.15) is 0 Å². The molecule has 0 aliphatic carbocycles. The molecule has 0 fully saturated rings. The molecule has 2 atom stereocenters. The first-order valence-electron chi connectivity index (χ1n) is 5.34. The molecule has 0 saturated heterocycles. The number of hydrogen-bond acceptors (Lipinski definition) is 3. The maximum absolute atomic E-state index is 9.13. The van der Waals surface area contributed by atoms with Crippen molar-refractivity contribution in [3.63, 3.8) is 0 Å². The summed E-state index contributed by atoms with van der Waals surface area (Å²) in [5.41, 5.74) is 0.998. The van der Waals surface area contributed by atoms with Gasteiger partial charge in [0.25, 0.3) is 0 Å². The second kappa shape index (κ2) is 6.09. The lowest BCUT2D eigenvalue weighted by molar-refractivity contribution is 0.137. The minimum absolute atomic E-state index is 0.187. The van der Waals surface area contributed by atoms with Gasteiger partial charge < -0.3 is 9.84 Å². The van der Waals surface area contributed by atoms with Crippen molar-refractivity contribution in [2.45, 2.75) is 33.1 Å². The lowest BCUT2D eigenvalue weighted by atomic mass is 10.2. The molecule has 90 valence electrons. The number of para-hydroxylation sites is 1. The van der Waals surface area contributed by atoms with Crippen molar-refractivity contribution in [2.24, 2.45) is 0 Å². The van der Waals surface area contributed by atoms with E-state index < -0.39 is 6.10 Å². The average molecular weight is 244 g/mol. The van der Waals surface area contributed by atoms with Crippen molar-refractivity contribution in [1.29, 1.82) is 0 Å². The predicted octanol–water partition coefficient (Wildman–Crippen LogP) is 2.34. The van der Waals surface area contributed by atoms with Crippen molar-refractivity contribution in [2.75, 3.05) is 6.54 Å². The van der Waals surface area contributed by atoms with E-state index in [-0.39, 0.29) is 6.23 Å². The molecular formula is C12H18ClNO2. The zero-order valence-electron chi connectivity index (χ0n) is 9.83. The number of aliphatic hydroxyl groups excluding tert-OH is 1. The number of hydrogen-bond donors (Lipinski definition) is 2. The Balaban J connectivity index is 2.59. The normalized spacial score (nSPS) is 14.6. The minimum Gasteiger partial charge on any atom is -0.474 e. The van der Waals surface area contributed by atoms with E-state index in [0.717, 1.165) is 5.56 Å². The second-order valence-electron chi connectivity index (χ2n) is 3.90. The first-order chi connectivity index (χ1) is 7.50. The van der Waals surface area contributed by atoms with E-state index in [9.17, 15) is 0 Å². The van der Waals surface area contributed by atoms with E-state index in [0.29, 0.717) is 17.3 Å². The fourth-order valence-electron chi connectivity index (χ4n) is 1.32. The van der Waals surface area contributed by atoms with Crippen molar-refractivity contribution in [3.05, 3.63) is 28.8 Å². The van der Waals surface area contributed by atoms with Gasteiger partial charge in [-0.05, 0) is 32.4 Å². The molecule has 0 aromatic heterocycles. The van der Waals surface area contributed by atoms with Gasteiger partial charge >= 0.3 is 0 Å². The molecular weight excluding hydrogens is 226 g/mol. The molecule has 1 aromatic rings. The molecule has 0 amide bonds. The molecule has 3 nitrogen and oxygen atoms in total. The van der Waals surface area contributed by atoms with Crippen LogP contribution in [0.25, 0.3) is 0 Å². The van der Waals surface area contributed by atoms with Crippen LogP contribution in [0.4, 0.5) is 0 Å². The first-order valence-corrected chi connectivity index (χ1v) is 5.71. The molecule has 2 N–H and O–H groups in total. The molecule has 4 heteroatoms. The van der Waals surface area contributed by atoms with Crippen LogP contribution in [-0.2, 0) is 0 Å². The highest BCUT2D eigenvalue weighted by Gasteiger charge is 2.09. The Morgan fingerprint density at radius 1 is 1.44 bits per heavy atom. The zero-order chi connectivity index (χ0) is 12.1. The van der Waals surface area contributed by atoms with Crippen LogP contribution < -0.4 is 10.1 Å². The van der Waals surface area contributed by atoms with Crippen LogP contribution >= 0.6 is 11.6 Å². The molecule has 0 aliphatic heterocycles. The Kier molecular flexibility index (Phi) is 5.06. The summed E-state index contributed by atoms with van der Waals surface area (Å²) in [6.45, 7) is 6.04. The largest absolute Gasteiger partial charge is 0.474 e. The molecule has 0 saturated carbocycles. The summed E-state index contributed by atoms with van der Waals surface area (Å²) < 4.78 is 5.67. The summed E-state index contributed by atoms with van der Waals surface area (Å²) >= 11 is 6.03. The second-order valence-corrected chi connectivity index (χ2v) is 4.31. The van der Waals surface area contributed by atoms with Crippen molar-refractivity contribution in [3.8, 4) is 5.75 Å². The van der Waals surface area contributed by atoms with E-state index in [1.54, 1.807) is 13.0 Å². The SMILES string of the molecule is Cc1cccc(Cl)c1OC(C)NCC(C)O. The Bertz CT molecular complexity index is 322. The summed E-state index contributed by atoms with van der Waals surface area (Å²) in [6.07, 6.45) is -0.577. The predicted molar refractivity (Wildman–Crippen MR) is 66.0 cm³/mol. The Morgan fingerprint density at radius 2 is 2.12 bits per heavy atom. The van der Waals surface area contributed by atoms with Crippen LogP contribution in [-0.4, -0.2) is 24.0 Å². The fraction of sp³-hybridized carbons (Fsp3) is 0.500. The third kappa shape index (κ3) is 4.00. The molecule has 0 heterocycles. The molecule has 0 aliphatic rings. The first kappa shape index (κ1) is 13.3. The maximum Gasteiger partial charge on any atom is 0.147 e. The summed E-state index contributed by atoms with van der Waals surface area (Å²) in [4.78, 5) is 0. The van der Waals surface area contributed by atoms with Gasteiger partial charge in [-0.15, -0.1) is 0 Å². The standard InChI is InChI=1S/C12H18ClNO2/c1-8-5-4-6-11(13)12(8)16-10(3)14-7-9(2)15/h4-6,9-10,14-15H,7H2,1-3H3. The van der Waals surface area contributed by atoms with Crippen molar-refractivity contribution in [1.82, 2.24) is 5.32 Å². The van der Waals surface area contributed by atoms with Crippen molar-refractivity contribution >= 4 is 11.6 Å². The summed E-state index contributed by atoms with van der Waals surface area (Å²) in [6, 6.07) is 5.63. The van der Waals surface area contributed by atoms with Crippen LogP contribution in [0.2, 0.25) is 5.02 Å². The Morgan fingerprint density at radius 3 is 2.69 bits per heavy atom. The van der Waals surface area contributed by atoms with Gasteiger partial charge in [-0.1, -0.05) is 23.7 Å². The van der Waals surface area contributed by atoms with Gasteiger partial charge in [-0.3, -0.25) is 5.32 Å². The lowest BCUT2D eigenvalue weighted by Crippen LogP contribution is -2.36. The third-order valence-corrected chi connectivity index (χ3v) is 2.46. The number of aliphatic hydroxyl groups is 1. The summed E-state index contributed by atoms with van der Waals surface area (Å²) in [5.74, 6) is 0.690. The van der Waals surface area contributed by atoms with E-state index in [1.165, 1.54) is 0 Å². The van der Waals surface area contributed by atoms with Crippen LogP contribution in [0.3, 0.4) is 0 Å². The van der Waals surface area contributed by atoms with Crippen molar-refractivity contribution < 1.29 is 9.84 Å². The van der Waals surface area contributed by atoms with E-state index >= 15 is 0 Å². The fourth-order valence-corrected chi connectivity index (χ4v) is 1.59. The molecule has 0 spiro atoms. The molecule has 0 bridgehead atoms. The highest BCUT2D eigenvalue weighted by atomic mass is 35.5. The number of rotatable bonds is 5. The van der Waals surface area contributed by atoms with E-state index in [2.05, 4.69) is 5.32 Å². The van der Waals surface area contributed by atoms with E-state index in [1.807, 2.05) is 26.0 Å². The van der Waals surface area contributed by atoms with Gasteiger partial charge in [0, 0.05) is 6.54 Å². The van der Waals surface area contributed by atoms with Gasteiger partial charge in [0.15, 0.2) is 0 Å². The molecule has 2 unspecified atom stereocenters. The summed E-state index contributed by atoms with van der Waals surface area (Å²) in [7, 11) is 0. The molecule has 0 radical (unpaired) electrons. The minimum atomic E-state index is -0.390. The molecule has 16 heavy (non-hydrogen) atoms. The summed E-state index contributed by atoms with van der Waals surface area (Å²) in [5, 5.41) is 12.8. The Labute approximate surface area is 101 Å². The highest BCUT2D eigenvalue weighted by molar-refractivity contribution is 6.32. The average Bonchev–Trinajstić information content (AvgIpc) is 2.21. The van der Waals surface area contributed by atoms with Gasteiger partial charge in [0.05, 0.1) is 11.1 Å². The zero-order valence-corrected chi connectivity index (χ0v) is 10.6. The van der Waals surface area contributed by atoms with Crippen LogP contribution in [0, 0.1) is 6.92 Å². The lowest BCUT2D eigenvalue weighted by Gasteiger charge is -2.19. The van der Waals surface area contributed by atoms with Gasteiger partial charge in [0.2, 0.25) is 0 Å². The maximum atomic E-state index is 9.13. The van der Waals surface area contributed by atoms with Gasteiger partial charge in [0.1, 0.15) is 12.0 Å². The Hall–Kier alpha value is -0.770. The highest BCUT2D eigenvalue weighted by Crippen LogP contribution is 2.28. The van der Waals surface area contributed by atoms with Gasteiger partial charge in [-0.25, -0.2) is 0 Å². The number of aryl methyl sites for hydroxylation is 1. The van der Waals surface area contributed by atoms with E-state index in [4.69, 9.17) is 21.4 Å².